The molecule has 2 heterocycles. The highest BCUT2D eigenvalue weighted by Crippen LogP contribution is 2.18. The molecule has 19 heavy (non-hydrogen) atoms. The predicted octanol–water partition coefficient (Wildman–Crippen LogP) is 1.18. The Morgan fingerprint density at radius 1 is 1.21 bits per heavy atom. The molecule has 98 valence electrons. The molecule has 0 saturated carbocycles. The van der Waals surface area contributed by atoms with Gasteiger partial charge in [0.2, 0.25) is 5.91 Å². The Morgan fingerprint density at radius 2 is 1.95 bits per heavy atom. The normalized spacial score (nSPS) is 15.5. The topological polar surface area (TPSA) is 62.5 Å². The molecule has 5 heteroatoms. The highest BCUT2D eigenvalue weighted by atomic mass is 16.4. The van der Waals surface area contributed by atoms with E-state index < -0.39 is 11.9 Å². The summed E-state index contributed by atoms with van der Waals surface area (Å²) in [4.78, 5) is 24.3. The van der Waals surface area contributed by atoms with E-state index in [4.69, 9.17) is 5.11 Å². The molecule has 0 bridgehead atoms. The summed E-state index contributed by atoms with van der Waals surface area (Å²) in [5.41, 5.74) is 1.02. The average Bonchev–Trinajstić information content (AvgIpc) is 2.70. The Morgan fingerprint density at radius 3 is 2.68 bits per heavy atom. The molecule has 0 radical (unpaired) electrons. The SMILES string of the molecule is O=C(O)C1CN(C(=O)Cn2ccc3ccccc32)C1. The van der Waals surface area contributed by atoms with Crippen LogP contribution in [0.4, 0.5) is 0 Å². The van der Waals surface area contributed by atoms with Crippen LogP contribution in [0.2, 0.25) is 0 Å². The second-order valence-electron chi connectivity index (χ2n) is 4.84. The van der Waals surface area contributed by atoms with Crippen LogP contribution in [-0.2, 0) is 16.1 Å². The molecule has 5 nitrogen and oxygen atoms in total. The van der Waals surface area contributed by atoms with E-state index in [0.717, 1.165) is 10.9 Å². The van der Waals surface area contributed by atoms with E-state index in [2.05, 4.69) is 0 Å². The molecule has 1 fully saturated rings. The van der Waals surface area contributed by atoms with Gasteiger partial charge in [-0.25, -0.2) is 0 Å². The van der Waals surface area contributed by atoms with E-state index in [1.54, 1.807) is 4.90 Å². The van der Waals surface area contributed by atoms with Gasteiger partial charge in [0, 0.05) is 24.8 Å². The van der Waals surface area contributed by atoms with Crippen LogP contribution in [-0.4, -0.2) is 39.5 Å². The summed E-state index contributed by atoms with van der Waals surface area (Å²) in [7, 11) is 0. The van der Waals surface area contributed by atoms with Crippen molar-refractivity contribution in [2.75, 3.05) is 13.1 Å². The Bertz CT molecular complexity index is 641. The average molecular weight is 258 g/mol. The molecule has 0 atom stereocenters. The molecule has 1 aliphatic heterocycles. The maximum absolute atomic E-state index is 12.0. The van der Waals surface area contributed by atoms with Crippen LogP contribution in [0.15, 0.2) is 36.5 Å². The van der Waals surface area contributed by atoms with Crippen molar-refractivity contribution < 1.29 is 14.7 Å². The van der Waals surface area contributed by atoms with Gasteiger partial charge in [0.15, 0.2) is 0 Å². The number of amides is 1. The van der Waals surface area contributed by atoms with Crippen molar-refractivity contribution in [3.63, 3.8) is 0 Å². The van der Waals surface area contributed by atoms with Gasteiger partial charge >= 0.3 is 5.97 Å². The smallest absolute Gasteiger partial charge is 0.310 e. The van der Waals surface area contributed by atoms with E-state index in [-0.39, 0.29) is 12.5 Å². The first-order valence-electron chi connectivity index (χ1n) is 6.19. The standard InChI is InChI=1S/C14H14N2O3/c17-13(16-7-11(8-16)14(18)19)9-15-6-5-10-3-1-2-4-12(10)15/h1-6,11H,7-9H2,(H,18,19). The van der Waals surface area contributed by atoms with Gasteiger partial charge in [0.05, 0.1) is 5.92 Å². The van der Waals surface area contributed by atoms with Gasteiger partial charge < -0.3 is 14.6 Å². The summed E-state index contributed by atoms with van der Waals surface area (Å²) in [6.07, 6.45) is 1.89. The summed E-state index contributed by atoms with van der Waals surface area (Å²) in [5.74, 6) is -1.25. The van der Waals surface area contributed by atoms with Gasteiger partial charge in [-0.3, -0.25) is 9.59 Å². The van der Waals surface area contributed by atoms with Crippen LogP contribution < -0.4 is 0 Å². The van der Waals surface area contributed by atoms with Gasteiger partial charge in [-0.1, -0.05) is 18.2 Å². The molecule has 0 aliphatic carbocycles. The summed E-state index contributed by atoms with van der Waals surface area (Å²) in [5, 5.41) is 9.89. The van der Waals surface area contributed by atoms with E-state index >= 15 is 0 Å². The van der Waals surface area contributed by atoms with Crippen molar-refractivity contribution in [1.82, 2.24) is 9.47 Å². The summed E-state index contributed by atoms with van der Waals surface area (Å²) >= 11 is 0. The van der Waals surface area contributed by atoms with Crippen molar-refractivity contribution in [1.29, 1.82) is 0 Å². The molecule has 2 aromatic rings. The van der Waals surface area contributed by atoms with E-state index in [1.165, 1.54) is 0 Å². The van der Waals surface area contributed by atoms with Gasteiger partial charge in [-0.2, -0.15) is 0 Å². The summed E-state index contributed by atoms with van der Waals surface area (Å²) in [6.45, 7) is 0.917. The number of hydrogen-bond donors (Lipinski definition) is 1. The zero-order chi connectivity index (χ0) is 13.4. The van der Waals surface area contributed by atoms with E-state index in [9.17, 15) is 9.59 Å². The maximum Gasteiger partial charge on any atom is 0.310 e. The molecule has 1 amide bonds. The molecule has 1 aliphatic rings. The minimum atomic E-state index is -0.824. The number of fused-ring (bicyclic) bond motifs is 1. The molecular weight excluding hydrogens is 244 g/mol. The molecule has 1 saturated heterocycles. The van der Waals surface area contributed by atoms with Crippen molar-refractivity contribution in [3.05, 3.63) is 36.5 Å². The molecule has 0 spiro atoms. The number of benzene rings is 1. The lowest BCUT2D eigenvalue weighted by Gasteiger charge is -2.36. The highest BCUT2D eigenvalue weighted by Gasteiger charge is 2.35. The zero-order valence-corrected chi connectivity index (χ0v) is 10.3. The number of nitrogens with zero attached hydrogens (tertiary/aromatic N) is 2. The van der Waals surface area contributed by atoms with Crippen molar-refractivity contribution in [2.45, 2.75) is 6.54 Å². The van der Waals surface area contributed by atoms with Gasteiger partial charge in [-0.15, -0.1) is 0 Å². The minimum absolute atomic E-state index is 0.0288. The number of carboxylic acid groups (broad SMARTS) is 1. The zero-order valence-electron chi connectivity index (χ0n) is 10.3. The van der Waals surface area contributed by atoms with Crippen LogP contribution in [0.1, 0.15) is 0 Å². The number of carbonyl (C=O) groups is 2. The fourth-order valence-corrected chi connectivity index (χ4v) is 2.36. The Hall–Kier alpha value is -2.30. The number of carbonyl (C=O) groups excluding carboxylic acids is 1. The maximum atomic E-state index is 12.0. The van der Waals surface area contributed by atoms with Gasteiger partial charge in [0.25, 0.3) is 0 Å². The lowest BCUT2D eigenvalue weighted by Crippen LogP contribution is -2.53. The summed E-state index contributed by atoms with van der Waals surface area (Å²) in [6, 6.07) is 9.84. The molecular formula is C14H14N2O3. The molecule has 0 unspecified atom stereocenters. The Balaban J connectivity index is 1.69. The number of carboxylic acids is 1. The van der Waals surface area contributed by atoms with Crippen LogP contribution >= 0.6 is 0 Å². The van der Waals surface area contributed by atoms with E-state index in [0.29, 0.717) is 13.1 Å². The number of para-hydroxylation sites is 1. The van der Waals surface area contributed by atoms with Gasteiger partial charge in [0.1, 0.15) is 6.54 Å². The fourth-order valence-electron chi connectivity index (χ4n) is 2.36. The third kappa shape index (κ3) is 2.07. The van der Waals surface area contributed by atoms with Crippen LogP contribution in [0, 0.1) is 5.92 Å². The number of hydrogen-bond acceptors (Lipinski definition) is 2. The third-order valence-electron chi connectivity index (χ3n) is 3.57. The molecule has 1 N–H and O–H groups in total. The third-order valence-corrected chi connectivity index (χ3v) is 3.57. The largest absolute Gasteiger partial charge is 0.481 e. The molecule has 1 aromatic carbocycles. The first-order valence-corrected chi connectivity index (χ1v) is 6.19. The summed E-state index contributed by atoms with van der Waals surface area (Å²) < 4.78 is 1.89. The van der Waals surface area contributed by atoms with Crippen LogP contribution in [0.25, 0.3) is 10.9 Å². The first kappa shape index (κ1) is 11.8. The number of aromatic nitrogens is 1. The van der Waals surface area contributed by atoms with E-state index in [1.807, 2.05) is 41.1 Å². The Labute approximate surface area is 110 Å². The quantitative estimate of drug-likeness (QED) is 0.899. The lowest BCUT2D eigenvalue weighted by molar-refractivity contribution is -0.152. The number of rotatable bonds is 3. The second kappa shape index (κ2) is 4.42. The number of likely N-dealkylation sites (tertiary alicyclic amines) is 1. The lowest BCUT2D eigenvalue weighted by atomic mass is 10.0. The van der Waals surface area contributed by atoms with Gasteiger partial charge in [-0.05, 0) is 17.5 Å². The van der Waals surface area contributed by atoms with Crippen LogP contribution in [0.5, 0.6) is 0 Å². The van der Waals surface area contributed by atoms with Crippen LogP contribution in [0.3, 0.4) is 0 Å². The predicted molar refractivity (Wildman–Crippen MR) is 69.6 cm³/mol. The minimum Gasteiger partial charge on any atom is -0.481 e. The second-order valence-corrected chi connectivity index (χ2v) is 4.84. The van der Waals surface area contributed by atoms with Crippen molar-refractivity contribution in [3.8, 4) is 0 Å². The highest BCUT2D eigenvalue weighted by molar-refractivity contribution is 5.84. The Kier molecular flexibility index (Phi) is 2.74. The fraction of sp³-hybridized carbons (Fsp3) is 0.286. The molecule has 3 rings (SSSR count). The molecule has 1 aromatic heterocycles. The number of aliphatic carboxylic acids is 1. The monoisotopic (exact) mass is 258 g/mol. The van der Waals surface area contributed by atoms with Crippen molar-refractivity contribution >= 4 is 22.8 Å². The first-order chi connectivity index (χ1) is 9.15. The van der Waals surface area contributed by atoms with Crippen molar-refractivity contribution in [2.24, 2.45) is 5.92 Å².